The van der Waals surface area contributed by atoms with Gasteiger partial charge in [-0.05, 0) is 33.5 Å². The van der Waals surface area contributed by atoms with Crippen molar-refractivity contribution >= 4 is 26.3 Å². The van der Waals surface area contributed by atoms with E-state index in [1.165, 1.54) is 16.7 Å². The first-order valence-electron chi connectivity index (χ1n) is 6.07. The maximum Gasteiger partial charge on any atom is 0.0924 e. The zero-order valence-corrected chi connectivity index (χ0v) is 12.9. The number of aryl methyl sites for hydroxylation is 1. The summed E-state index contributed by atoms with van der Waals surface area (Å²) in [6.45, 7) is 2.17. The molecule has 0 N–H and O–H groups in total. The molecule has 0 spiro atoms. The van der Waals surface area contributed by atoms with E-state index in [-0.39, 0.29) is 0 Å². The molecule has 2 radical (unpaired) electrons. The van der Waals surface area contributed by atoms with Crippen LogP contribution in [0.25, 0.3) is 11.1 Å². The van der Waals surface area contributed by atoms with Crippen LogP contribution in [-0.4, -0.2) is 7.85 Å². The third kappa shape index (κ3) is 3.22. The number of rotatable bonds is 3. The highest BCUT2D eigenvalue weighted by molar-refractivity contribution is 7.43. The largest absolute Gasteiger partial charge is 0.132 e. The van der Waals surface area contributed by atoms with E-state index >= 15 is 0 Å². The average molecular weight is 270 g/mol. The lowest BCUT2D eigenvalue weighted by Crippen LogP contribution is -2.06. The minimum absolute atomic E-state index is 0.440. The summed E-state index contributed by atoms with van der Waals surface area (Å²) in [5.74, 6) is 0. The first-order chi connectivity index (χ1) is 8.50. The lowest BCUT2D eigenvalue weighted by molar-refractivity contribution is 1.14. The maximum atomic E-state index is 6.01. The Morgan fingerprint density at radius 1 is 0.889 bits per heavy atom. The molecule has 0 aliphatic heterocycles. The van der Waals surface area contributed by atoms with Gasteiger partial charge in [-0.3, -0.25) is 0 Å². The predicted molar refractivity (Wildman–Crippen MR) is 88.1 cm³/mol. The number of hydrogen-bond donors (Lipinski definition) is 0. The van der Waals surface area contributed by atoms with Crippen LogP contribution in [-0.2, 0) is 11.2 Å². The third-order valence-corrected chi connectivity index (χ3v) is 3.75. The first-order valence-corrected chi connectivity index (χ1v) is 7.22. The summed E-state index contributed by atoms with van der Waals surface area (Å²) < 4.78 is 0. The fourth-order valence-electron chi connectivity index (χ4n) is 1.88. The molecule has 2 aromatic rings. The van der Waals surface area contributed by atoms with E-state index < -0.39 is 4.80 Å². The minimum atomic E-state index is -0.440. The highest BCUT2D eigenvalue weighted by atomic mass is 31.1. The molecule has 0 aliphatic carbocycles. The molecule has 0 nitrogen and oxygen atoms in total. The lowest BCUT2D eigenvalue weighted by atomic mass is 9.93. The summed E-state index contributed by atoms with van der Waals surface area (Å²) in [7, 11) is 11.3. The zero-order valence-electron chi connectivity index (χ0n) is 10.6. The molecule has 2 atom stereocenters. The average Bonchev–Trinajstić information content (AvgIpc) is 2.38. The summed E-state index contributed by atoms with van der Waals surface area (Å²) in [6, 6.07) is 17.1. The van der Waals surface area contributed by atoms with Gasteiger partial charge < -0.3 is 0 Å². The van der Waals surface area contributed by atoms with Gasteiger partial charge in [0.25, 0.3) is 0 Å². The van der Waals surface area contributed by atoms with Crippen molar-refractivity contribution in [3.8, 4) is 11.1 Å². The standard InChI is InChI=1S/C15H17BP2/c1-2-11-3-5-12(6-4-11)13-7-9-14(10-8-13)15(16,17)18/h3-10H,2,17-18H2,1H3. The van der Waals surface area contributed by atoms with Gasteiger partial charge in [-0.25, -0.2) is 0 Å². The molecule has 0 fully saturated rings. The Labute approximate surface area is 115 Å². The normalized spacial score (nSPS) is 11.5. The maximum absolute atomic E-state index is 6.01. The van der Waals surface area contributed by atoms with Gasteiger partial charge in [0.15, 0.2) is 0 Å². The van der Waals surface area contributed by atoms with Gasteiger partial charge in [-0.1, -0.05) is 55.5 Å². The Hall–Kier alpha value is -0.635. The van der Waals surface area contributed by atoms with Crippen LogP contribution in [0.4, 0.5) is 0 Å². The molecule has 0 aromatic heterocycles. The van der Waals surface area contributed by atoms with Crippen molar-refractivity contribution in [2.45, 2.75) is 18.1 Å². The van der Waals surface area contributed by atoms with Crippen molar-refractivity contribution in [3.05, 3.63) is 59.7 Å². The van der Waals surface area contributed by atoms with Crippen LogP contribution in [0.15, 0.2) is 48.5 Å². The molecular formula is C15H17BP2. The van der Waals surface area contributed by atoms with Crippen molar-refractivity contribution in [2.24, 2.45) is 0 Å². The highest BCUT2D eigenvalue weighted by Crippen LogP contribution is 2.35. The van der Waals surface area contributed by atoms with Gasteiger partial charge in [0.1, 0.15) is 0 Å². The molecule has 0 heterocycles. The topological polar surface area (TPSA) is 0 Å². The van der Waals surface area contributed by atoms with Gasteiger partial charge in [0, 0.05) is 0 Å². The Bertz CT molecular complexity index is 510. The van der Waals surface area contributed by atoms with E-state index in [0.717, 1.165) is 12.0 Å². The molecule has 2 unspecified atom stereocenters. The Morgan fingerprint density at radius 2 is 1.33 bits per heavy atom. The van der Waals surface area contributed by atoms with E-state index in [2.05, 4.69) is 73.9 Å². The van der Waals surface area contributed by atoms with Crippen molar-refractivity contribution in [3.63, 3.8) is 0 Å². The van der Waals surface area contributed by atoms with Crippen molar-refractivity contribution in [1.29, 1.82) is 0 Å². The Balaban J connectivity index is 2.28. The van der Waals surface area contributed by atoms with Crippen LogP contribution in [0, 0.1) is 0 Å². The van der Waals surface area contributed by atoms with Crippen LogP contribution in [0.5, 0.6) is 0 Å². The molecule has 2 rings (SSSR count). The second-order valence-electron chi connectivity index (χ2n) is 4.56. The van der Waals surface area contributed by atoms with Gasteiger partial charge in [0.05, 0.1) is 7.85 Å². The van der Waals surface area contributed by atoms with E-state index in [9.17, 15) is 0 Å². The van der Waals surface area contributed by atoms with E-state index in [4.69, 9.17) is 7.85 Å². The van der Waals surface area contributed by atoms with Gasteiger partial charge in [0.2, 0.25) is 0 Å². The summed E-state index contributed by atoms with van der Waals surface area (Å²) in [4.78, 5) is -0.440. The molecule has 0 aliphatic rings. The van der Waals surface area contributed by atoms with Crippen LogP contribution in [0.1, 0.15) is 18.1 Å². The molecule has 2 aromatic carbocycles. The van der Waals surface area contributed by atoms with Crippen molar-refractivity contribution < 1.29 is 0 Å². The number of benzene rings is 2. The second kappa shape index (κ2) is 5.56. The molecule has 0 bridgehead atoms. The SMILES string of the molecule is [B]C(P)(P)c1ccc(-c2ccc(CC)cc2)cc1. The molecule has 18 heavy (non-hydrogen) atoms. The van der Waals surface area contributed by atoms with Crippen LogP contribution in [0.3, 0.4) is 0 Å². The van der Waals surface area contributed by atoms with Crippen LogP contribution < -0.4 is 0 Å². The summed E-state index contributed by atoms with van der Waals surface area (Å²) in [5.41, 5.74) is 4.92. The molecule has 0 saturated heterocycles. The van der Waals surface area contributed by atoms with Crippen LogP contribution in [0.2, 0.25) is 0 Å². The molecule has 3 heteroatoms. The number of hydrogen-bond acceptors (Lipinski definition) is 0. The van der Waals surface area contributed by atoms with Gasteiger partial charge in [-0.15, -0.1) is 18.5 Å². The summed E-state index contributed by atoms with van der Waals surface area (Å²) in [5, 5.41) is 0. The quantitative estimate of drug-likeness (QED) is 0.585. The van der Waals surface area contributed by atoms with E-state index in [1.54, 1.807) is 0 Å². The Kier molecular flexibility index (Phi) is 4.26. The fourth-order valence-corrected chi connectivity index (χ4v) is 2.27. The van der Waals surface area contributed by atoms with Crippen molar-refractivity contribution in [2.75, 3.05) is 0 Å². The molecule has 0 amide bonds. The van der Waals surface area contributed by atoms with Crippen molar-refractivity contribution in [1.82, 2.24) is 0 Å². The fraction of sp³-hybridized carbons (Fsp3) is 0.200. The van der Waals surface area contributed by atoms with Gasteiger partial charge in [-0.2, -0.15) is 0 Å². The summed E-state index contributed by atoms with van der Waals surface area (Å²) in [6.07, 6.45) is 1.08. The van der Waals surface area contributed by atoms with E-state index in [0.29, 0.717) is 0 Å². The van der Waals surface area contributed by atoms with Crippen LogP contribution >= 0.6 is 18.5 Å². The molecule has 0 saturated carbocycles. The highest BCUT2D eigenvalue weighted by Gasteiger charge is 2.12. The monoisotopic (exact) mass is 270 g/mol. The third-order valence-electron chi connectivity index (χ3n) is 3.08. The predicted octanol–water partition coefficient (Wildman–Crippen LogP) is 3.95. The Morgan fingerprint density at radius 3 is 1.72 bits per heavy atom. The van der Waals surface area contributed by atoms with Gasteiger partial charge >= 0.3 is 0 Å². The minimum Gasteiger partial charge on any atom is -0.132 e. The lowest BCUT2D eigenvalue weighted by Gasteiger charge is -2.19. The second-order valence-corrected chi connectivity index (χ2v) is 7.14. The molecule has 90 valence electrons. The smallest absolute Gasteiger partial charge is 0.0924 e. The van der Waals surface area contributed by atoms with E-state index in [1.807, 2.05) is 0 Å². The molecular weight excluding hydrogens is 253 g/mol. The zero-order chi connectivity index (χ0) is 13.2. The first kappa shape index (κ1) is 13.8. The summed E-state index contributed by atoms with van der Waals surface area (Å²) >= 11 is 0.